The first-order valence-electron chi connectivity index (χ1n) is 5.72. The van der Waals surface area contributed by atoms with Crippen molar-refractivity contribution in [3.8, 4) is 0 Å². The lowest BCUT2D eigenvalue weighted by atomic mass is 10.1. The predicted molar refractivity (Wildman–Crippen MR) is 69.5 cm³/mol. The summed E-state index contributed by atoms with van der Waals surface area (Å²) in [4.78, 5) is 27.3. The number of nitrogens with one attached hydrogen (secondary N) is 1. The van der Waals surface area contributed by atoms with Gasteiger partial charge in [-0.2, -0.15) is 0 Å². The molecule has 0 atom stereocenters. The summed E-state index contributed by atoms with van der Waals surface area (Å²) in [6.07, 6.45) is 0. The molecule has 4 heteroatoms. The SMILES string of the molecule is CC(=O)CNC(=O)c1cc(C)nc2ccccc12. The summed E-state index contributed by atoms with van der Waals surface area (Å²) in [7, 11) is 0. The molecular weight excluding hydrogens is 228 g/mol. The molecule has 92 valence electrons. The fourth-order valence-corrected chi connectivity index (χ4v) is 1.80. The highest BCUT2D eigenvalue weighted by Crippen LogP contribution is 2.17. The van der Waals surface area contributed by atoms with Crippen molar-refractivity contribution in [1.82, 2.24) is 10.3 Å². The molecule has 2 rings (SSSR count). The number of amides is 1. The van der Waals surface area contributed by atoms with Gasteiger partial charge in [-0.05, 0) is 26.0 Å². The summed E-state index contributed by atoms with van der Waals surface area (Å²) in [5, 5.41) is 3.40. The van der Waals surface area contributed by atoms with Gasteiger partial charge in [-0.3, -0.25) is 14.6 Å². The Morgan fingerprint density at radius 2 is 2.00 bits per heavy atom. The van der Waals surface area contributed by atoms with Crippen LogP contribution in [0.15, 0.2) is 30.3 Å². The lowest BCUT2D eigenvalue weighted by Gasteiger charge is -2.07. The lowest BCUT2D eigenvalue weighted by molar-refractivity contribution is -0.116. The minimum absolute atomic E-state index is 0.0501. The maximum Gasteiger partial charge on any atom is 0.252 e. The van der Waals surface area contributed by atoms with Gasteiger partial charge in [0.2, 0.25) is 0 Å². The number of pyridine rings is 1. The third-order valence-electron chi connectivity index (χ3n) is 2.59. The molecule has 0 saturated carbocycles. The molecule has 0 aliphatic rings. The number of ketones is 1. The number of hydrogen-bond acceptors (Lipinski definition) is 3. The highest BCUT2D eigenvalue weighted by atomic mass is 16.2. The van der Waals surface area contributed by atoms with Crippen molar-refractivity contribution in [2.24, 2.45) is 0 Å². The van der Waals surface area contributed by atoms with Crippen LogP contribution in [-0.4, -0.2) is 23.2 Å². The second-order valence-electron chi connectivity index (χ2n) is 4.21. The molecule has 0 unspecified atom stereocenters. The Morgan fingerprint density at radius 1 is 1.28 bits per heavy atom. The van der Waals surface area contributed by atoms with Crippen LogP contribution in [0.3, 0.4) is 0 Å². The summed E-state index contributed by atoms with van der Waals surface area (Å²) >= 11 is 0. The highest BCUT2D eigenvalue weighted by Gasteiger charge is 2.11. The molecule has 0 spiro atoms. The molecule has 1 N–H and O–H groups in total. The van der Waals surface area contributed by atoms with E-state index in [4.69, 9.17) is 0 Å². The van der Waals surface area contributed by atoms with Gasteiger partial charge in [0.25, 0.3) is 5.91 Å². The third kappa shape index (κ3) is 2.53. The van der Waals surface area contributed by atoms with Crippen LogP contribution in [0.25, 0.3) is 10.9 Å². The van der Waals surface area contributed by atoms with Gasteiger partial charge in [-0.15, -0.1) is 0 Å². The average molecular weight is 242 g/mol. The summed E-state index contributed by atoms with van der Waals surface area (Å²) < 4.78 is 0. The first-order valence-corrected chi connectivity index (χ1v) is 5.72. The number of para-hydroxylation sites is 1. The number of hydrogen-bond donors (Lipinski definition) is 1. The van der Waals surface area contributed by atoms with E-state index in [-0.39, 0.29) is 18.2 Å². The van der Waals surface area contributed by atoms with Crippen LogP contribution in [0.4, 0.5) is 0 Å². The molecule has 0 aliphatic heterocycles. The largest absolute Gasteiger partial charge is 0.345 e. The maximum absolute atomic E-state index is 12.0. The Balaban J connectivity index is 2.43. The van der Waals surface area contributed by atoms with E-state index in [0.717, 1.165) is 16.6 Å². The fraction of sp³-hybridized carbons (Fsp3) is 0.214. The molecule has 0 aliphatic carbocycles. The number of fused-ring (bicyclic) bond motifs is 1. The van der Waals surface area contributed by atoms with Crippen LogP contribution in [0, 0.1) is 6.92 Å². The lowest BCUT2D eigenvalue weighted by Crippen LogP contribution is -2.28. The standard InChI is InChI=1S/C14H14N2O2/c1-9-7-12(14(18)15-8-10(2)17)11-5-3-4-6-13(11)16-9/h3-7H,8H2,1-2H3,(H,15,18). The van der Waals surface area contributed by atoms with Gasteiger partial charge in [-0.1, -0.05) is 18.2 Å². The molecule has 1 amide bonds. The first-order chi connectivity index (χ1) is 8.58. The Labute approximate surface area is 105 Å². The second-order valence-corrected chi connectivity index (χ2v) is 4.21. The molecule has 18 heavy (non-hydrogen) atoms. The number of rotatable bonds is 3. The summed E-state index contributed by atoms with van der Waals surface area (Å²) in [6.45, 7) is 3.33. The molecule has 0 fully saturated rings. The number of aryl methyl sites for hydroxylation is 1. The van der Waals surface area contributed by atoms with E-state index in [1.807, 2.05) is 31.2 Å². The van der Waals surface area contributed by atoms with E-state index < -0.39 is 0 Å². The van der Waals surface area contributed by atoms with Crippen molar-refractivity contribution in [2.45, 2.75) is 13.8 Å². The molecule has 4 nitrogen and oxygen atoms in total. The average Bonchev–Trinajstić information content (AvgIpc) is 2.34. The van der Waals surface area contributed by atoms with Crippen LogP contribution in [-0.2, 0) is 4.79 Å². The van der Waals surface area contributed by atoms with Gasteiger partial charge >= 0.3 is 0 Å². The van der Waals surface area contributed by atoms with Crippen LogP contribution < -0.4 is 5.32 Å². The molecule has 0 bridgehead atoms. The molecule has 1 heterocycles. The van der Waals surface area contributed by atoms with Crippen molar-refractivity contribution in [2.75, 3.05) is 6.54 Å². The Kier molecular flexibility index (Phi) is 3.37. The number of benzene rings is 1. The third-order valence-corrected chi connectivity index (χ3v) is 2.59. The monoisotopic (exact) mass is 242 g/mol. The van der Waals surface area contributed by atoms with Gasteiger partial charge < -0.3 is 5.32 Å². The minimum Gasteiger partial charge on any atom is -0.345 e. The normalized spacial score (nSPS) is 10.3. The minimum atomic E-state index is -0.244. The van der Waals surface area contributed by atoms with Crippen molar-refractivity contribution < 1.29 is 9.59 Å². The molecular formula is C14H14N2O2. The van der Waals surface area contributed by atoms with Crippen LogP contribution in [0.2, 0.25) is 0 Å². The summed E-state index contributed by atoms with van der Waals surface area (Å²) in [6, 6.07) is 9.19. The summed E-state index contributed by atoms with van der Waals surface area (Å²) in [5.74, 6) is -0.315. The van der Waals surface area contributed by atoms with E-state index in [2.05, 4.69) is 10.3 Å². The molecule has 1 aromatic carbocycles. The Hall–Kier alpha value is -2.23. The van der Waals surface area contributed by atoms with Crippen LogP contribution in [0.1, 0.15) is 23.0 Å². The second kappa shape index (κ2) is 4.96. The van der Waals surface area contributed by atoms with E-state index in [1.165, 1.54) is 6.92 Å². The van der Waals surface area contributed by atoms with Gasteiger partial charge in [-0.25, -0.2) is 0 Å². The van der Waals surface area contributed by atoms with Crippen LogP contribution in [0.5, 0.6) is 0 Å². The number of aromatic nitrogens is 1. The van der Waals surface area contributed by atoms with Crippen molar-refractivity contribution in [3.05, 3.63) is 41.6 Å². The zero-order chi connectivity index (χ0) is 13.1. The van der Waals surface area contributed by atoms with Crippen molar-refractivity contribution in [1.29, 1.82) is 0 Å². The van der Waals surface area contributed by atoms with Gasteiger partial charge in [0, 0.05) is 11.1 Å². The number of carbonyl (C=O) groups is 2. The maximum atomic E-state index is 12.0. The van der Waals surface area contributed by atoms with E-state index in [1.54, 1.807) is 6.07 Å². The molecule has 0 radical (unpaired) electrons. The smallest absolute Gasteiger partial charge is 0.252 e. The number of Topliss-reactive ketones (excluding diaryl/α,β-unsaturated/α-hetero) is 1. The van der Waals surface area contributed by atoms with E-state index >= 15 is 0 Å². The molecule has 2 aromatic rings. The summed E-state index contributed by atoms with van der Waals surface area (Å²) in [5.41, 5.74) is 2.12. The molecule has 1 aromatic heterocycles. The molecule has 0 saturated heterocycles. The topological polar surface area (TPSA) is 59.1 Å². The highest BCUT2D eigenvalue weighted by molar-refractivity contribution is 6.07. The quantitative estimate of drug-likeness (QED) is 0.893. The van der Waals surface area contributed by atoms with E-state index in [0.29, 0.717) is 5.56 Å². The van der Waals surface area contributed by atoms with E-state index in [9.17, 15) is 9.59 Å². The Bertz CT molecular complexity index is 620. The van der Waals surface area contributed by atoms with Gasteiger partial charge in [0.1, 0.15) is 5.78 Å². The Morgan fingerprint density at radius 3 is 2.72 bits per heavy atom. The van der Waals surface area contributed by atoms with Crippen LogP contribution >= 0.6 is 0 Å². The first kappa shape index (κ1) is 12.2. The predicted octanol–water partition coefficient (Wildman–Crippen LogP) is 1.86. The zero-order valence-corrected chi connectivity index (χ0v) is 10.4. The van der Waals surface area contributed by atoms with Crippen molar-refractivity contribution >= 4 is 22.6 Å². The number of nitrogens with zero attached hydrogens (tertiary/aromatic N) is 1. The fourth-order valence-electron chi connectivity index (χ4n) is 1.80. The zero-order valence-electron chi connectivity index (χ0n) is 10.4. The van der Waals surface area contributed by atoms with Gasteiger partial charge in [0.05, 0.1) is 17.6 Å². The number of carbonyl (C=O) groups excluding carboxylic acids is 2. The van der Waals surface area contributed by atoms with Gasteiger partial charge in [0.15, 0.2) is 0 Å². The van der Waals surface area contributed by atoms with Crippen molar-refractivity contribution in [3.63, 3.8) is 0 Å².